The fourth-order valence-electron chi connectivity index (χ4n) is 3.63. The van der Waals surface area contributed by atoms with Crippen molar-refractivity contribution >= 4 is 23.0 Å². The average Bonchev–Trinajstić information content (AvgIpc) is 3.20. The Morgan fingerprint density at radius 1 is 1.09 bits per heavy atom. The maximum atomic E-state index is 12.6. The van der Waals surface area contributed by atoms with E-state index in [-0.39, 0.29) is 5.91 Å². The molecule has 8 nitrogen and oxygen atoms in total. The third-order valence-electron chi connectivity index (χ3n) is 5.39. The van der Waals surface area contributed by atoms with Gasteiger partial charge in [0.2, 0.25) is 0 Å². The fraction of sp³-hybridized carbons (Fsp3) is 0.250. The SMILES string of the molecule is CNc1ccccc1NC(=O)c1ccc(N2CCN(COCc3cccnc3)C2O)cc1. The van der Waals surface area contributed by atoms with Crippen molar-refractivity contribution < 1.29 is 14.6 Å². The monoisotopic (exact) mass is 433 g/mol. The molecule has 0 radical (unpaired) electrons. The molecule has 4 rings (SSSR count). The van der Waals surface area contributed by atoms with E-state index in [1.807, 2.05) is 65.4 Å². The molecule has 2 heterocycles. The lowest BCUT2D eigenvalue weighted by Crippen LogP contribution is -2.39. The minimum absolute atomic E-state index is 0.188. The number of aliphatic hydroxyl groups is 1. The van der Waals surface area contributed by atoms with Gasteiger partial charge in [0.15, 0.2) is 6.35 Å². The molecule has 8 heteroatoms. The van der Waals surface area contributed by atoms with Crippen molar-refractivity contribution in [2.45, 2.75) is 13.0 Å². The number of ether oxygens (including phenoxy) is 1. The van der Waals surface area contributed by atoms with Crippen molar-refractivity contribution in [2.24, 2.45) is 0 Å². The minimum Gasteiger partial charge on any atom is -0.386 e. The molecule has 1 aromatic heterocycles. The molecule has 1 saturated heterocycles. The van der Waals surface area contributed by atoms with E-state index in [0.717, 1.165) is 22.6 Å². The first kappa shape index (κ1) is 21.8. The summed E-state index contributed by atoms with van der Waals surface area (Å²) in [5.74, 6) is -0.188. The zero-order chi connectivity index (χ0) is 22.3. The molecule has 0 spiro atoms. The van der Waals surface area contributed by atoms with Crippen LogP contribution in [0.15, 0.2) is 73.1 Å². The summed E-state index contributed by atoms with van der Waals surface area (Å²) in [6, 6.07) is 18.6. The van der Waals surface area contributed by atoms with E-state index < -0.39 is 6.35 Å². The van der Waals surface area contributed by atoms with Crippen molar-refractivity contribution in [1.29, 1.82) is 0 Å². The molecule has 3 aromatic rings. The predicted molar refractivity (Wildman–Crippen MR) is 124 cm³/mol. The average molecular weight is 434 g/mol. The highest BCUT2D eigenvalue weighted by Crippen LogP contribution is 2.24. The number of anilines is 3. The molecule has 1 atom stereocenters. The lowest BCUT2D eigenvalue weighted by molar-refractivity contribution is -0.0518. The van der Waals surface area contributed by atoms with Crippen molar-refractivity contribution in [1.82, 2.24) is 9.88 Å². The fourth-order valence-corrected chi connectivity index (χ4v) is 3.63. The largest absolute Gasteiger partial charge is 0.386 e. The minimum atomic E-state index is -0.786. The number of aromatic nitrogens is 1. The van der Waals surface area contributed by atoms with Crippen molar-refractivity contribution in [3.63, 3.8) is 0 Å². The number of hydrogen-bond acceptors (Lipinski definition) is 7. The molecule has 166 valence electrons. The number of nitrogens with one attached hydrogen (secondary N) is 2. The highest BCUT2D eigenvalue weighted by molar-refractivity contribution is 6.06. The maximum Gasteiger partial charge on any atom is 0.255 e. The van der Waals surface area contributed by atoms with Gasteiger partial charge in [-0.15, -0.1) is 0 Å². The van der Waals surface area contributed by atoms with Gasteiger partial charge < -0.3 is 25.4 Å². The Balaban J connectivity index is 1.33. The summed E-state index contributed by atoms with van der Waals surface area (Å²) in [7, 11) is 1.81. The Labute approximate surface area is 187 Å². The summed E-state index contributed by atoms with van der Waals surface area (Å²) in [4.78, 5) is 20.4. The van der Waals surface area contributed by atoms with E-state index >= 15 is 0 Å². The van der Waals surface area contributed by atoms with E-state index in [2.05, 4.69) is 15.6 Å². The van der Waals surface area contributed by atoms with Crippen LogP contribution >= 0.6 is 0 Å². The summed E-state index contributed by atoms with van der Waals surface area (Å²) in [5.41, 5.74) is 3.96. The number of hydrogen-bond donors (Lipinski definition) is 3. The number of rotatable bonds is 8. The summed E-state index contributed by atoms with van der Waals surface area (Å²) >= 11 is 0. The summed E-state index contributed by atoms with van der Waals surface area (Å²) < 4.78 is 5.73. The maximum absolute atomic E-state index is 12.6. The molecule has 2 aromatic carbocycles. The number of carbonyl (C=O) groups is 1. The number of benzene rings is 2. The first-order valence-electron chi connectivity index (χ1n) is 10.5. The van der Waals surface area contributed by atoms with E-state index in [1.54, 1.807) is 24.5 Å². The lowest BCUT2D eigenvalue weighted by Gasteiger charge is -2.26. The van der Waals surface area contributed by atoms with Gasteiger partial charge in [-0.1, -0.05) is 18.2 Å². The van der Waals surface area contributed by atoms with E-state index in [1.165, 1.54) is 0 Å². The molecule has 1 amide bonds. The third-order valence-corrected chi connectivity index (χ3v) is 5.39. The molecule has 1 aliphatic rings. The van der Waals surface area contributed by atoms with Crippen LogP contribution in [0.2, 0.25) is 0 Å². The van der Waals surface area contributed by atoms with Gasteiger partial charge in [-0.3, -0.25) is 9.78 Å². The van der Waals surface area contributed by atoms with Crippen LogP contribution in [0.25, 0.3) is 0 Å². The molecule has 3 N–H and O–H groups in total. The molecule has 0 aliphatic carbocycles. The predicted octanol–water partition coefficient (Wildman–Crippen LogP) is 2.95. The van der Waals surface area contributed by atoms with Crippen molar-refractivity contribution in [3.05, 3.63) is 84.2 Å². The lowest BCUT2D eigenvalue weighted by atomic mass is 10.1. The Hall–Kier alpha value is -3.46. The van der Waals surface area contributed by atoms with Crippen LogP contribution in [0.1, 0.15) is 15.9 Å². The standard InChI is InChI=1S/C24H27N5O3/c1-25-21-6-2-3-7-22(21)27-23(30)19-8-10-20(11-9-19)29-14-13-28(24(29)31)17-32-16-18-5-4-12-26-15-18/h2-12,15,24-25,31H,13-14,16-17H2,1H3,(H,27,30). The Morgan fingerprint density at radius 3 is 2.59 bits per heavy atom. The second kappa shape index (κ2) is 10.2. The van der Waals surface area contributed by atoms with Gasteiger partial charge >= 0.3 is 0 Å². The smallest absolute Gasteiger partial charge is 0.255 e. The van der Waals surface area contributed by atoms with Gasteiger partial charge in [0.05, 0.1) is 18.0 Å². The number of carbonyl (C=O) groups excluding carboxylic acids is 1. The van der Waals surface area contributed by atoms with Crippen LogP contribution in [0.4, 0.5) is 17.1 Å². The first-order valence-corrected chi connectivity index (χ1v) is 10.5. The van der Waals surface area contributed by atoms with Gasteiger partial charge in [0.25, 0.3) is 5.91 Å². The number of nitrogens with zero attached hydrogens (tertiary/aromatic N) is 3. The molecule has 1 fully saturated rings. The van der Waals surface area contributed by atoms with Gasteiger partial charge in [-0.25, -0.2) is 4.90 Å². The van der Waals surface area contributed by atoms with Crippen molar-refractivity contribution in [2.75, 3.05) is 42.4 Å². The van der Waals surface area contributed by atoms with E-state index in [0.29, 0.717) is 32.0 Å². The molecular weight excluding hydrogens is 406 g/mol. The van der Waals surface area contributed by atoms with Crippen LogP contribution in [0.3, 0.4) is 0 Å². The normalized spacial score (nSPS) is 16.2. The molecule has 0 saturated carbocycles. The second-order valence-electron chi connectivity index (χ2n) is 7.49. The first-order chi connectivity index (χ1) is 15.7. The van der Waals surface area contributed by atoms with Gasteiger partial charge in [-0.05, 0) is 48.0 Å². The Kier molecular flexibility index (Phi) is 6.96. The second-order valence-corrected chi connectivity index (χ2v) is 7.49. The van der Waals surface area contributed by atoms with Gasteiger partial charge in [-0.2, -0.15) is 0 Å². The van der Waals surface area contributed by atoms with Crippen LogP contribution < -0.4 is 15.5 Å². The summed E-state index contributed by atoms with van der Waals surface area (Å²) in [5, 5.41) is 16.7. The zero-order valence-corrected chi connectivity index (χ0v) is 17.9. The highest BCUT2D eigenvalue weighted by atomic mass is 16.5. The van der Waals surface area contributed by atoms with Gasteiger partial charge in [0.1, 0.15) is 6.73 Å². The zero-order valence-electron chi connectivity index (χ0n) is 17.9. The summed E-state index contributed by atoms with van der Waals surface area (Å²) in [6.07, 6.45) is 2.70. The third kappa shape index (κ3) is 5.05. The van der Waals surface area contributed by atoms with Crippen LogP contribution in [0.5, 0.6) is 0 Å². The van der Waals surface area contributed by atoms with Crippen LogP contribution in [0, 0.1) is 0 Å². The number of amides is 1. The molecule has 32 heavy (non-hydrogen) atoms. The van der Waals surface area contributed by atoms with E-state index in [4.69, 9.17) is 4.74 Å². The van der Waals surface area contributed by atoms with Crippen LogP contribution in [-0.2, 0) is 11.3 Å². The Morgan fingerprint density at radius 2 is 1.88 bits per heavy atom. The van der Waals surface area contributed by atoms with Crippen molar-refractivity contribution in [3.8, 4) is 0 Å². The van der Waals surface area contributed by atoms with E-state index in [9.17, 15) is 9.90 Å². The number of pyridine rings is 1. The summed E-state index contributed by atoms with van der Waals surface area (Å²) in [6.45, 7) is 2.10. The molecule has 1 aliphatic heterocycles. The quantitative estimate of drug-likeness (QED) is 0.503. The van der Waals surface area contributed by atoms with Crippen LogP contribution in [-0.4, -0.2) is 54.1 Å². The number of para-hydroxylation sites is 2. The molecular formula is C24H27N5O3. The molecule has 1 unspecified atom stereocenters. The topological polar surface area (TPSA) is 90.0 Å². The molecule has 0 bridgehead atoms. The number of aliphatic hydroxyl groups excluding tert-OH is 1. The highest BCUT2D eigenvalue weighted by Gasteiger charge is 2.30. The Bertz CT molecular complexity index is 1030. The van der Waals surface area contributed by atoms with Gasteiger partial charge in [0, 0.05) is 43.8 Å².